The molecule has 2 amide bonds. The van der Waals surface area contributed by atoms with Crippen molar-refractivity contribution in [2.24, 2.45) is 5.92 Å². The minimum absolute atomic E-state index is 0. The lowest BCUT2D eigenvalue weighted by atomic mass is 9.88. The number of piperidine rings is 2. The summed E-state index contributed by atoms with van der Waals surface area (Å²) in [5, 5.41) is 15.9. The monoisotopic (exact) mass is 426 g/mol. The van der Waals surface area contributed by atoms with E-state index in [2.05, 4.69) is 41.0 Å². The summed E-state index contributed by atoms with van der Waals surface area (Å²) in [5.74, 6) is 1.16. The van der Waals surface area contributed by atoms with Crippen molar-refractivity contribution in [3.8, 4) is 6.07 Å². The molecule has 4 atom stereocenters. The predicted molar refractivity (Wildman–Crippen MR) is 123 cm³/mol. The molecule has 0 aromatic heterocycles. The molecule has 3 aliphatic rings. The van der Waals surface area contributed by atoms with Gasteiger partial charge in [0.15, 0.2) is 0 Å². The molecule has 2 heterocycles. The molecule has 31 heavy (non-hydrogen) atoms. The number of benzene rings is 1. The molecule has 6 nitrogen and oxygen atoms in total. The summed E-state index contributed by atoms with van der Waals surface area (Å²) in [4.78, 5) is 26.7. The average Bonchev–Trinajstić information content (AvgIpc) is 3.43. The lowest BCUT2D eigenvalue weighted by Gasteiger charge is -2.32. The van der Waals surface area contributed by atoms with Gasteiger partial charge >= 0.3 is 0 Å². The van der Waals surface area contributed by atoms with Gasteiger partial charge in [-0.3, -0.25) is 9.59 Å². The Morgan fingerprint density at radius 3 is 2.55 bits per heavy atom. The quantitative estimate of drug-likeness (QED) is 0.700. The van der Waals surface area contributed by atoms with Gasteiger partial charge in [0, 0.05) is 34.8 Å². The number of carbonyl (C=O) groups is 2. The number of rotatable bonds is 7. The maximum atomic E-state index is 12.6. The molecular weight excluding hydrogens is 388 g/mol. The zero-order valence-electron chi connectivity index (χ0n) is 18.5. The van der Waals surface area contributed by atoms with Crippen LogP contribution in [0.15, 0.2) is 24.3 Å². The lowest BCUT2D eigenvalue weighted by Crippen LogP contribution is -2.50. The highest BCUT2D eigenvalue weighted by molar-refractivity contribution is 5.83. The van der Waals surface area contributed by atoms with Gasteiger partial charge in [-0.2, -0.15) is 5.26 Å². The van der Waals surface area contributed by atoms with E-state index < -0.39 is 6.04 Å². The maximum absolute atomic E-state index is 12.6. The van der Waals surface area contributed by atoms with Crippen LogP contribution in [-0.2, 0) is 16.0 Å². The largest absolute Gasteiger partial charge is 0.343 e. The summed E-state index contributed by atoms with van der Waals surface area (Å²) in [6.45, 7) is 3.72. The summed E-state index contributed by atoms with van der Waals surface area (Å²) in [7, 11) is 0. The minimum Gasteiger partial charge on any atom is -0.343 e. The zero-order valence-corrected chi connectivity index (χ0v) is 18.5. The molecule has 0 spiro atoms. The van der Waals surface area contributed by atoms with Crippen molar-refractivity contribution in [3.63, 3.8) is 0 Å². The van der Waals surface area contributed by atoms with E-state index in [-0.39, 0.29) is 20.7 Å². The van der Waals surface area contributed by atoms with Gasteiger partial charge in [-0.15, -0.1) is 0 Å². The van der Waals surface area contributed by atoms with Crippen LogP contribution in [0.3, 0.4) is 0 Å². The Bertz CT molecular complexity index is 834. The summed E-state index contributed by atoms with van der Waals surface area (Å²) in [6, 6.07) is 10.6. The molecule has 2 N–H and O–H groups in total. The van der Waals surface area contributed by atoms with E-state index in [0.29, 0.717) is 30.7 Å². The molecule has 2 saturated heterocycles. The van der Waals surface area contributed by atoms with Crippen molar-refractivity contribution >= 4 is 11.8 Å². The minimum atomic E-state index is -0.507. The van der Waals surface area contributed by atoms with Crippen LogP contribution in [0.5, 0.6) is 0 Å². The van der Waals surface area contributed by atoms with Gasteiger partial charge in [-0.05, 0) is 61.5 Å². The third-order valence-electron chi connectivity index (χ3n) is 7.32. The molecule has 170 valence electrons. The summed E-state index contributed by atoms with van der Waals surface area (Å²) in [6.07, 6.45) is 7.44. The van der Waals surface area contributed by atoms with Crippen LogP contribution in [0.2, 0.25) is 0 Å². The molecule has 2 aliphatic heterocycles. The summed E-state index contributed by atoms with van der Waals surface area (Å²) in [5.41, 5.74) is 2.36. The molecule has 6 heteroatoms. The fourth-order valence-corrected chi connectivity index (χ4v) is 5.54. The van der Waals surface area contributed by atoms with Gasteiger partial charge in [-0.25, -0.2) is 0 Å². The molecule has 2 bridgehead atoms. The fourth-order valence-electron chi connectivity index (χ4n) is 5.54. The Labute approximate surface area is 188 Å². The van der Waals surface area contributed by atoms with E-state index in [4.69, 9.17) is 0 Å². The van der Waals surface area contributed by atoms with Gasteiger partial charge in [0.25, 0.3) is 0 Å². The molecule has 0 radical (unpaired) electrons. The van der Waals surface area contributed by atoms with Gasteiger partial charge in [0.05, 0.1) is 12.1 Å². The van der Waals surface area contributed by atoms with E-state index in [1.165, 1.54) is 5.56 Å². The topological polar surface area (TPSA) is 85.2 Å². The van der Waals surface area contributed by atoms with Gasteiger partial charge in [0.2, 0.25) is 11.8 Å². The molecule has 1 aromatic carbocycles. The zero-order chi connectivity index (χ0) is 21.8. The van der Waals surface area contributed by atoms with E-state index in [0.717, 1.165) is 57.2 Å². The van der Waals surface area contributed by atoms with Crippen molar-refractivity contribution in [1.82, 2.24) is 15.5 Å². The Morgan fingerprint density at radius 2 is 1.97 bits per heavy atom. The third-order valence-corrected chi connectivity index (χ3v) is 7.32. The number of hydrogen-bond acceptors (Lipinski definition) is 4. The van der Waals surface area contributed by atoms with Gasteiger partial charge in [-0.1, -0.05) is 31.2 Å². The first kappa shape index (κ1) is 21.8. The van der Waals surface area contributed by atoms with Crippen LogP contribution in [0.4, 0.5) is 0 Å². The number of fused-ring (bicyclic) bond motifs is 2. The predicted octanol–water partition coefficient (Wildman–Crippen LogP) is 3.38. The standard InChI is InChI=1S/C25H34N4O2.2H2/c1-2-3-23(30)29-12-10-19(11-13-29)18-6-4-17(5-7-18)14-22(16-26)28-25(31)24-20-8-9-21(15-20)27-24;;/h4-7,19-22,24,27H,2-3,8-15H2,1H3,(H,28,31);2*1H/t20?,21-,22+,24+;;/m1../s1. The first-order valence-corrected chi connectivity index (χ1v) is 11.9. The van der Waals surface area contributed by atoms with Crippen molar-refractivity contribution in [1.29, 1.82) is 5.26 Å². The molecular formula is C25H38N4O2. The van der Waals surface area contributed by atoms with Crippen LogP contribution in [0.25, 0.3) is 0 Å². The Balaban J connectivity index is 0.00000193. The van der Waals surface area contributed by atoms with Crippen molar-refractivity contribution < 1.29 is 12.4 Å². The normalized spacial score (nSPS) is 26.5. The molecule has 1 saturated carbocycles. The maximum Gasteiger partial charge on any atom is 0.238 e. The average molecular weight is 427 g/mol. The highest BCUT2D eigenvalue weighted by Gasteiger charge is 2.43. The molecule has 4 rings (SSSR count). The third kappa shape index (κ3) is 5.10. The summed E-state index contributed by atoms with van der Waals surface area (Å²) >= 11 is 0. The van der Waals surface area contributed by atoms with Gasteiger partial charge < -0.3 is 15.5 Å². The van der Waals surface area contributed by atoms with Crippen molar-refractivity contribution in [3.05, 3.63) is 35.4 Å². The van der Waals surface area contributed by atoms with E-state index >= 15 is 0 Å². The Morgan fingerprint density at radius 1 is 1.23 bits per heavy atom. The highest BCUT2D eigenvalue weighted by atomic mass is 16.2. The molecule has 1 aliphatic carbocycles. The number of amides is 2. The van der Waals surface area contributed by atoms with Crippen LogP contribution >= 0.6 is 0 Å². The number of nitrogens with zero attached hydrogens (tertiary/aromatic N) is 2. The van der Waals surface area contributed by atoms with Crippen molar-refractivity contribution in [2.45, 2.75) is 82.3 Å². The number of carbonyl (C=O) groups excluding carboxylic acids is 2. The second-order valence-electron chi connectivity index (χ2n) is 9.46. The second-order valence-corrected chi connectivity index (χ2v) is 9.46. The highest BCUT2D eigenvalue weighted by Crippen LogP contribution is 2.35. The molecule has 1 aromatic rings. The number of nitrogens with one attached hydrogen (secondary N) is 2. The van der Waals surface area contributed by atoms with E-state index in [1.54, 1.807) is 0 Å². The SMILES string of the molecule is CCCC(=O)N1CCC(c2ccc(C[C@@H](C#N)NC(=O)[C@H]3N[C@@H]4CCC3C4)cc2)CC1.[HH].[HH]. The smallest absolute Gasteiger partial charge is 0.238 e. The fraction of sp³-hybridized carbons (Fsp3) is 0.640. The van der Waals surface area contributed by atoms with Gasteiger partial charge in [0.1, 0.15) is 6.04 Å². The number of likely N-dealkylation sites (tertiary alicyclic amines) is 1. The van der Waals surface area contributed by atoms with Crippen LogP contribution in [-0.4, -0.2) is 47.9 Å². The first-order valence-electron chi connectivity index (χ1n) is 11.9. The molecule has 3 fully saturated rings. The van der Waals surface area contributed by atoms with Crippen LogP contribution < -0.4 is 10.6 Å². The Hall–Kier alpha value is -2.39. The van der Waals surface area contributed by atoms with Crippen LogP contribution in [0.1, 0.15) is 71.8 Å². The van der Waals surface area contributed by atoms with Crippen LogP contribution in [0, 0.1) is 17.2 Å². The first-order chi connectivity index (χ1) is 15.1. The lowest BCUT2D eigenvalue weighted by molar-refractivity contribution is -0.132. The van der Waals surface area contributed by atoms with E-state index in [1.807, 2.05) is 11.8 Å². The number of hydrogen-bond donors (Lipinski definition) is 2. The number of nitriles is 1. The van der Waals surface area contributed by atoms with Crippen molar-refractivity contribution in [2.75, 3.05) is 13.1 Å². The Kier molecular flexibility index (Phi) is 6.92. The second kappa shape index (κ2) is 9.82. The van der Waals surface area contributed by atoms with E-state index in [9.17, 15) is 14.9 Å². The molecule has 1 unspecified atom stereocenters. The summed E-state index contributed by atoms with van der Waals surface area (Å²) < 4.78 is 0.